The smallest absolute Gasteiger partial charge is 0.287 e. The maximum Gasteiger partial charge on any atom is 0.287 e. The Morgan fingerprint density at radius 3 is 2.52 bits per heavy atom. The van der Waals surface area contributed by atoms with E-state index >= 15 is 0 Å². The van der Waals surface area contributed by atoms with E-state index in [0.717, 1.165) is 23.4 Å². The van der Waals surface area contributed by atoms with Crippen LogP contribution in [0.3, 0.4) is 0 Å². The molecule has 0 saturated carbocycles. The molecule has 0 unspecified atom stereocenters. The van der Waals surface area contributed by atoms with Gasteiger partial charge in [-0.1, -0.05) is 37.8 Å². The number of carbonyl (C=O) groups is 1. The highest BCUT2D eigenvalue weighted by Crippen LogP contribution is 2.35. The normalized spacial score (nSPS) is 10.3. The van der Waals surface area contributed by atoms with E-state index in [9.17, 15) is 4.79 Å². The van der Waals surface area contributed by atoms with Gasteiger partial charge < -0.3 is 4.74 Å². The SMILES string of the molecule is CCc1cc(N(C(=O)S)c2ccccc2)c(OC)nc1C. The standard InChI is InChI=1S/C16H18N2O2S/c1-4-12-10-14(15(20-3)17-11(12)2)18(16(19)21)13-8-6-5-7-9-13/h5-10H,4H2,1-3H3,(H,19,21). The average molecular weight is 302 g/mol. The quantitative estimate of drug-likeness (QED) is 0.863. The lowest BCUT2D eigenvalue weighted by Crippen LogP contribution is -2.21. The van der Waals surface area contributed by atoms with Gasteiger partial charge in [0.05, 0.1) is 7.11 Å². The second kappa shape index (κ2) is 6.63. The van der Waals surface area contributed by atoms with Gasteiger partial charge in [0.15, 0.2) is 0 Å². The fourth-order valence-electron chi connectivity index (χ4n) is 2.21. The van der Waals surface area contributed by atoms with Crippen LogP contribution in [0.1, 0.15) is 18.2 Å². The Morgan fingerprint density at radius 2 is 2.00 bits per heavy atom. The lowest BCUT2D eigenvalue weighted by molar-refractivity contribution is 0.267. The molecule has 1 aromatic heterocycles. The Hall–Kier alpha value is -2.01. The van der Waals surface area contributed by atoms with Gasteiger partial charge in [-0.15, -0.1) is 0 Å². The highest BCUT2D eigenvalue weighted by molar-refractivity contribution is 7.97. The van der Waals surface area contributed by atoms with Crippen molar-refractivity contribution in [1.82, 2.24) is 4.98 Å². The molecule has 0 aliphatic carbocycles. The third-order valence-electron chi connectivity index (χ3n) is 3.28. The molecule has 0 bridgehead atoms. The zero-order valence-corrected chi connectivity index (χ0v) is 13.2. The van der Waals surface area contributed by atoms with Gasteiger partial charge in [-0.05, 0) is 37.1 Å². The van der Waals surface area contributed by atoms with Crippen molar-refractivity contribution in [2.75, 3.05) is 12.0 Å². The first-order valence-corrected chi connectivity index (χ1v) is 7.15. The summed E-state index contributed by atoms with van der Waals surface area (Å²) in [5.41, 5.74) is 3.30. The van der Waals surface area contributed by atoms with Crippen LogP contribution in [0.2, 0.25) is 0 Å². The van der Waals surface area contributed by atoms with E-state index in [-0.39, 0.29) is 5.24 Å². The molecule has 0 aliphatic heterocycles. The molecule has 0 N–H and O–H groups in total. The van der Waals surface area contributed by atoms with Gasteiger partial charge in [0, 0.05) is 11.4 Å². The maximum atomic E-state index is 12.0. The predicted molar refractivity (Wildman–Crippen MR) is 87.9 cm³/mol. The van der Waals surface area contributed by atoms with Crippen molar-refractivity contribution >= 4 is 29.2 Å². The largest absolute Gasteiger partial charge is 0.479 e. The van der Waals surface area contributed by atoms with E-state index in [1.165, 1.54) is 4.90 Å². The van der Waals surface area contributed by atoms with Gasteiger partial charge in [0.1, 0.15) is 5.69 Å². The number of aryl methyl sites for hydroxylation is 2. The first kappa shape index (κ1) is 15.4. The van der Waals surface area contributed by atoms with E-state index < -0.39 is 0 Å². The summed E-state index contributed by atoms with van der Waals surface area (Å²) in [6.45, 7) is 3.98. The lowest BCUT2D eigenvalue weighted by Gasteiger charge is -2.23. The molecule has 5 heteroatoms. The van der Waals surface area contributed by atoms with Crippen LogP contribution in [0.25, 0.3) is 0 Å². The molecule has 2 rings (SSSR count). The number of para-hydroxylation sites is 1. The van der Waals surface area contributed by atoms with Crippen LogP contribution < -0.4 is 9.64 Å². The van der Waals surface area contributed by atoms with Crippen molar-refractivity contribution in [3.05, 3.63) is 47.7 Å². The highest BCUT2D eigenvalue weighted by atomic mass is 32.1. The molecule has 1 heterocycles. The number of nitrogens with zero attached hydrogens (tertiary/aromatic N) is 2. The number of hydrogen-bond donors (Lipinski definition) is 1. The number of pyridine rings is 1. The molecular weight excluding hydrogens is 284 g/mol. The molecule has 1 amide bonds. The van der Waals surface area contributed by atoms with Crippen molar-refractivity contribution < 1.29 is 9.53 Å². The monoisotopic (exact) mass is 302 g/mol. The van der Waals surface area contributed by atoms with Crippen LogP contribution in [0.4, 0.5) is 16.2 Å². The maximum absolute atomic E-state index is 12.0. The van der Waals surface area contributed by atoms with Crippen LogP contribution in [0, 0.1) is 6.92 Å². The molecule has 110 valence electrons. The molecule has 0 spiro atoms. The summed E-state index contributed by atoms with van der Waals surface area (Å²) in [6.07, 6.45) is 0.833. The van der Waals surface area contributed by atoms with Crippen molar-refractivity contribution in [2.45, 2.75) is 20.3 Å². The molecule has 0 aliphatic rings. The molecule has 0 atom stereocenters. The predicted octanol–water partition coefficient (Wildman–Crippen LogP) is 4.15. The topological polar surface area (TPSA) is 42.4 Å². The first-order chi connectivity index (χ1) is 10.1. The molecule has 0 radical (unpaired) electrons. The molecule has 2 aromatic rings. The molecule has 21 heavy (non-hydrogen) atoms. The van der Waals surface area contributed by atoms with E-state index in [1.54, 1.807) is 7.11 Å². The highest BCUT2D eigenvalue weighted by Gasteiger charge is 2.21. The molecule has 0 saturated heterocycles. The number of anilines is 2. The van der Waals surface area contributed by atoms with Gasteiger partial charge in [-0.25, -0.2) is 4.98 Å². The summed E-state index contributed by atoms with van der Waals surface area (Å²) in [5.74, 6) is 0.413. The Labute approximate surface area is 130 Å². The van der Waals surface area contributed by atoms with E-state index in [4.69, 9.17) is 4.74 Å². The van der Waals surface area contributed by atoms with Crippen LogP contribution in [-0.4, -0.2) is 17.3 Å². The minimum atomic E-state index is -0.382. The third kappa shape index (κ3) is 3.19. The molecule has 4 nitrogen and oxygen atoms in total. The van der Waals surface area contributed by atoms with Gasteiger partial charge in [0.2, 0.25) is 5.88 Å². The Bertz CT molecular complexity index is 644. The van der Waals surface area contributed by atoms with Crippen LogP contribution in [-0.2, 0) is 6.42 Å². The van der Waals surface area contributed by atoms with Gasteiger partial charge in [0.25, 0.3) is 5.24 Å². The fraction of sp³-hybridized carbons (Fsp3) is 0.250. The van der Waals surface area contributed by atoms with Gasteiger partial charge in [-0.2, -0.15) is 0 Å². The number of ether oxygens (including phenoxy) is 1. The number of methoxy groups -OCH3 is 1. The number of hydrogen-bond acceptors (Lipinski definition) is 3. The van der Waals surface area contributed by atoms with E-state index in [1.807, 2.05) is 43.3 Å². The van der Waals surface area contributed by atoms with Crippen molar-refractivity contribution in [3.63, 3.8) is 0 Å². The summed E-state index contributed by atoms with van der Waals surface area (Å²) in [7, 11) is 1.54. The summed E-state index contributed by atoms with van der Waals surface area (Å²) >= 11 is 4.00. The van der Waals surface area contributed by atoms with Gasteiger partial charge >= 0.3 is 0 Å². The summed E-state index contributed by atoms with van der Waals surface area (Å²) in [6, 6.07) is 11.3. The number of thiol groups is 1. The number of amides is 1. The minimum absolute atomic E-state index is 0.382. The summed E-state index contributed by atoms with van der Waals surface area (Å²) < 4.78 is 5.34. The lowest BCUT2D eigenvalue weighted by atomic mass is 10.1. The van der Waals surface area contributed by atoms with Crippen molar-refractivity contribution in [3.8, 4) is 5.88 Å². The van der Waals surface area contributed by atoms with Gasteiger partial charge in [-0.3, -0.25) is 9.69 Å². The second-order valence-corrected chi connectivity index (χ2v) is 4.95. The number of carbonyl (C=O) groups excluding carboxylic acids is 1. The molecule has 0 fully saturated rings. The number of benzene rings is 1. The number of aromatic nitrogens is 1. The third-order valence-corrected chi connectivity index (χ3v) is 3.48. The average Bonchev–Trinajstić information content (AvgIpc) is 2.49. The zero-order chi connectivity index (χ0) is 15.4. The van der Waals surface area contributed by atoms with E-state index in [0.29, 0.717) is 11.6 Å². The Balaban J connectivity index is 2.63. The zero-order valence-electron chi connectivity index (χ0n) is 12.3. The first-order valence-electron chi connectivity index (χ1n) is 6.71. The molecule has 1 aromatic carbocycles. The second-order valence-electron chi connectivity index (χ2n) is 4.57. The van der Waals surface area contributed by atoms with Crippen LogP contribution in [0.5, 0.6) is 5.88 Å². The van der Waals surface area contributed by atoms with E-state index in [2.05, 4.69) is 24.5 Å². The summed E-state index contributed by atoms with van der Waals surface area (Å²) in [5, 5.41) is -0.382. The number of rotatable bonds is 4. The van der Waals surface area contributed by atoms with Crippen molar-refractivity contribution in [1.29, 1.82) is 0 Å². The van der Waals surface area contributed by atoms with Crippen molar-refractivity contribution in [2.24, 2.45) is 0 Å². The minimum Gasteiger partial charge on any atom is -0.479 e. The molecular formula is C16H18N2O2S. The van der Waals surface area contributed by atoms with Crippen LogP contribution in [0.15, 0.2) is 36.4 Å². The Morgan fingerprint density at radius 1 is 1.33 bits per heavy atom. The fourth-order valence-corrected chi connectivity index (χ4v) is 2.43. The summed E-state index contributed by atoms with van der Waals surface area (Å²) in [4.78, 5) is 17.9. The van der Waals surface area contributed by atoms with Crippen LogP contribution >= 0.6 is 12.6 Å². The Kier molecular flexibility index (Phi) is 4.85.